The van der Waals surface area contributed by atoms with E-state index in [1.54, 1.807) is 24.1 Å². The van der Waals surface area contributed by atoms with Crippen molar-refractivity contribution in [2.45, 2.75) is 171 Å². The number of amides is 2. The van der Waals surface area contributed by atoms with E-state index in [0.717, 1.165) is 128 Å². The molecule has 3 saturated carbocycles. The van der Waals surface area contributed by atoms with Gasteiger partial charge >= 0.3 is 0 Å². The van der Waals surface area contributed by atoms with Crippen LogP contribution in [-0.2, 0) is 27.8 Å². The fourth-order valence-electron chi connectivity index (χ4n) is 18.6. The molecule has 88 heavy (non-hydrogen) atoms. The molecule has 0 bridgehead atoms. The highest BCUT2D eigenvalue weighted by Crippen LogP contribution is 2.62. The third-order valence-electron chi connectivity index (χ3n) is 22.5. The summed E-state index contributed by atoms with van der Waals surface area (Å²) in [4.78, 5) is 30.3. The Morgan fingerprint density at radius 1 is 0.841 bits per heavy atom. The fraction of sp³-hybridized carbons (Fsp3) is 0.583. The summed E-state index contributed by atoms with van der Waals surface area (Å²) in [6, 6.07) is 16.1. The van der Waals surface area contributed by atoms with Gasteiger partial charge in [-0.15, -0.1) is 0 Å². The van der Waals surface area contributed by atoms with Crippen LogP contribution in [0.5, 0.6) is 34.5 Å². The Kier molecular flexibility index (Phi) is 17.0. The van der Waals surface area contributed by atoms with Crippen LogP contribution in [0, 0.1) is 35.5 Å². The number of rotatable bonds is 20. The number of phenolic OH excluding ortho intramolecular Hbond substituents is 1. The molecule has 11 atom stereocenters. The molecule has 16 nitrogen and oxygen atoms in total. The van der Waals surface area contributed by atoms with Gasteiger partial charge in [0.25, 0.3) is 11.8 Å². The lowest BCUT2D eigenvalue weighted by Gasteiger charge is -2.60. The molecule has 11 unspecified atom stereocenters. The third-order valence-corrected chi connectivity index (χ3v) is 22.5. The summed E-state index contributed by atoms with van der Waals surface area (Å²) >= 11 is 0. The number of ether oxygens (including phenoxy) is 5. The number of aliphatic hydroxyl groups is 3. The second kappa shape index (κ2) is 24.6. The molecular formula is C72H93N5O11. The number of benzene rings is 4. The second-order valence-electron chi connectivity index (χ2n) is 27.6. The number of likely N-dealkylation sites (N-methyl/N-ethyl adjacent to an activating group) is 2. The molecule has 13 rings (SSSR count). The van der Waals surface area contributed by atoms with Gasteiger partial charge in [-0.3, -0.25) is 19.8 Å². The van der Waals surface area contributed by atoms with Crippen LogP contribution in [0.25, 0.3) is 17.2 Å². The number of carbonyl (C=O) groups is 2. The molecule has 1 saturated heterocycles. The Hall–Kier alpha value is -6.14. The Morgan fingerprint density at radius 3 is 2.42 bits per heavy atom. The molecule has 16 heteroatoms. The highest BCUT2D eigenvalue weighted by molar-refractivity contribution is 6.17. The fourth-order valence-corrected chi connectivity index (χ4v) is 18.6. The summed E-state index contributed by atoms with van der Waals surface area (Å²) in [6.45, 7) is 8.18. The van der Waals surface area contributed by atoms with Crippen molar-refractivity contribution in [1.29, 1.82) is 0 Å². The van der Waals surface area contributed by atoms with Crippen molar-refractivity contribution in [3.8, 4) is 45.6 Å². The number of aliphatic hydroxyl groups excluding tert-OH is 3. The number of fused-ring (bicyclic) bond motifs is 6. The van der Waals surface area contributed by atoms with Crippen LogP contribution in [-0.4, -0.2) is 115 Å². The van der Waals surface area contributed by atoms with E-state index < -0.39 is 40.8 Å². The van der Waals surface area contributed by atoms with Crippen molar-refractivity contribution in [3.05, 3.63) is 105 Å². The topological polar surface area (TPSA) is 213 Å². The Bertz CT molecular complexity index is 3370. The van der Waals surface area contributed by atoms with Gasteiger partial charge in [0.05, 0.1) is 44.1 Å². The van der Waals surface area contributed by atoms with E-state index in [0.29, 0.717) is 84.1 Å². The number of hydrogen-bond acceptors (Lipinski definition) is 15. The van der Waals surface area contributed by atoms with E-state index >= 15 is 0 Å². The lowest BCUT2D eigenvalue weighted by molar-refractivity contribution is -0.153. The van der Waals surface area contributed by atoms with Crippen molar-refractivity contribution in [2.24, 2.45) is 35.5 Å². The maximum absolute atomic E-state index is 14.4. The number of allylic oxidation sites excluding steroid dienone is 1. The zero-order valence-corrected chi connectivity index (χ0v) is 52.5. The van der Waals surface area contributed by atoms with Crippen molar-refractivity contribution < 1.29 is 53.7 Å². The minimum atomic E-state index is -1.10. The maximum atomic E-state index is 14.4. The van der Waals surface area contributed by atoms with Crippen molar-refractivity contribution in [1.82, 2.24) is 20.9 Å². The van der Waals surface area contributed by atoms with E-state index in [1.807, 2.05) is 25.2 Å². The molecular weight excluding hydrogens is 1110 g/mol. The quantitative estimate of drug-likeness (QED) is 0.0305. The van der Waals surface area contributed by atoms with Crippen LogP contribution >= 0.6 is 0 Å². The van der Waals surface area contributed by atoms with Gasteiger partial charge in [-0.25, -0.2) is 0 Å². The third kappa shape index (κ3) is 10.2. The molecule has 472 valence electrons. The van der Waals surface area contributed by atoms with Crippen molar-refractivity contribution >= 4 is 23.6 Å². The maximum Gasteiger partial charge on any atom is 0.258 e. The zero-order valence-electron chi connectivity index (χ0n) is 52.5. The number of piperidine rings is 1. The number of anilines is 1. The standard InChI is InChI=1S/C72H93N5O11/c1-41(2)18-20-44-15-12-29-72(52(44)24-19-42(3)76-72)88-58-36-56(85-31-30-73-4)48-22-23-49-62-55(75-68(82)65(58)64(48)62)35-57-63(49)66(80)50(40-87-57)45-32-59(84-6)67(81)60(33-45)86-39-47(38-78)71-28-13-17-53(54(71)25-21-43-14-8-9-16-51(43)71)70(26-10-7-11-27-70)77-61(79)34-46(37-74-5)69(77)83/h8-9,14,16,21,25,32-36,41-42,44,47,50,52-54,66,68,73-76,78,80-82H,7,10-13,15,17-20,22-24,26-31,37-40H2,1-6H3. The van der Waals surface area contributed by atoms with Gasteiger partial charge in [0.1, 0.15) is 23.9 Å². The smallest absolute Gasteiger partial charge is 0.258 e. The van der Waals surface area contributed by atoms with Crippen molar-refractivity contribution in [3.63, 3.8) is 0 Å². The summed E-state index contributed by atoms with van der Waals surface area (Å²) in [5, 5.41) is 63.2. The lowest BCUT2D eigenvalue weighted by atomic mass is 9.47. The summed E-state index contributed by atoms with van der Waals surface area (Å²) in [5.41, 5.74) is 7.09. The van der Waals surface area contributed by atoms with Crippen LogP contribution in [0.15, 0.2) is 66.3 Å². The summed E-state index contributed by atoms with van der Waals surface area (Å²) in [6.07, 6.45) is 19.3. The predicted molar refractivity (Wildman–Crippen MR) is 339 cm³/mol. The number of hydrogen-bond donors (Lipinski definition) is 8. The molecule has 0 aromatic heterocycles. The summed E-state index contributed by atoms with van der Waals surface area (Å²) in [5.74, 6) is 1.64. The molecule has 2 amide bonds. The summed E-state index contributed by atoms with van der Waals surface area (Å²) < 4.78 is 33.8. The van der Waals surface area contributed by atoms with Crippen LogP contribution in [0.4, 0.5) is 5.69 Å². The zero-order chi connectivity index (χ0) is 61.2. The number of aromatic hydroxyl groups is 1. The normalized spacial score (nSPS) is 29.3. The number of nitrogens with zero attached hydrogens (tertiary/aromatic N) is 1. The second-order valence-corrected chi connectivity index (χ2v) is 27.6. The lowest BCUT2D eigenvalue weighted by Crippen LogP contribution is -2.65. The first-order chi connectivity index (χ1) is 42.7. The summed E-state index contributed by atoms with van der Waals surface area (Å²) in [7, 11) is 5.21. The van der Waals surface area contributed by atoms with Gasteiger partial charge in [0.15, 0.2) is 23.5 Å². The predicted octanol–water partition coefficient (Wildman–Crippen LogP) is 10.7. The number of methoxy groups -OCH3 is 1. The minimum Gasteiger partial charge on any atom is -0.502 e. The Balaban J connectivity index is 0.838. The van der Waals surface area contributed by atoms with E-state index in [1.165, 1.54) is 26.0 Å². The molecule has 8 N–H and O–H groups in total. The Morgan fingerprint density at radius 2 is 1.64 bits per heavy atom. The molecule has 4 aliphatic heterocycles. The number of nitrogens with one attached hydrogen (secondary N) is 4. The highest BCUT2D eigenvalue weighted by atomic mass is 16.5. The molecule has 4 heterocycles. The van der Waals surface area contributed by atoms with Gasteiger partial charge in [-0.05, 0) is 150 Å². The first-order valence-electron chi connectivity index (χ1n) is 33.2. The average molecular weight is 1200 g/mol. The first-order valence-corrected chi connectivity index (χ1v) is 33.2. The van der Waals surface area contributed by atoms with Gasteiger partial charge in [0, 0.05) is 100 Å². The van der Waals surface area contributed by atoms with Crippen molar-refractivity contribution in [2.75, 3.05) is 66.0 Å². The van der Waals surface area contributed by atoms with Crippen LogP contribution in [0.2, 0.25) is 0 Å². The number of imide groups is 1. The van der Waals surface area contributed by atoms with E-state index in [2.05, 4.69) is 72.4 Å². The van der Waals surface area contributed by atoms with E-state index in [4.69, 9.17) is 23.7 Å². The number of carbonyl (C=O) groups excluding carboxylic acids is 2. The van der Waals surface area contributed by atoms with Crippen LogP contribution in [0.1, 0.15) is 174 Å². The van der Waals surface area contributed by atoms with Gasteiger partial charge in [-0.1, -0.05) is 82.4 Å². The van der Waals surface area contributed by atoms with Crippen LogP contribution < -0.4 is 45.0 Å². The average Bonchev–Trinajstić information content (AvgIpc) is 0.857. The molecule has 4 aromatic carbocycles. The minimum absolute atomic E-state index is 0.0237. The first kappa shape index (κ1) is 60.8. The van der Waals surface area contributed by atoms with Gasteiger partial charge in [-0.2, -0.15) is 0 Å². The molecule has 4 fully saturated rings. The highest BCUT2D eigenvalue weighted by Gasteiger charge is 2.61. The van der Waals surface area contributed by atoms with Crippen LogP contribution in [0.3, 0.4) is 0 Å². The molecule has 4 aromatic rings. The monoisotopic (exact) mass is 1200 g/mol. The van der Waals surface area contributed by atoms with E-state index in [9.17, 15) is 30.0 Å². The molecule has 0 radical (unpaired) electrons. The van der Waals surface area contributed by atoms with Gasteiger partial charge < -0.3 is 60.1 Å². The molecule has 9 aliphatic rings. The number of phenols is 1. The molecule has 0 spiro atoms. The largest absolute Gasteiger partial charge is 0.502 e. The molecule has 5 aliphatic carbocycles. The van der Waals surface area contributed by atoms with Gasteiger partial charge in [0.2, 0.25) is 5.75 Å². The SMILES string of the molecule is CNCCOc1cc(OC23CCCC(CCC(C)C)C2CCC(C)N3)c2c3c1CCc1c-3c(cc3c1C(O)C(c1cc(OC)c(O)c(OCC(CO)C45CCCC(C6(N7C(=O)C=C(CNC)C7=O)CCCCC6)C4C=Cc4ccccc45)c1)CO3)NC2O. The Labute approximate surface area is 519 Å². The van der Waals surface area contributed by atoms with E-state index in [-0.39, 0.29) is 66.8 Å².